The van der Waals surface area contributed by atoms with E-state index in [1.54, 1.807) is 0 Å². The summed E-state index contributed by atoms with van der Waals surface area (Å²) in [5, 5.41) is 0. The van der Waals surface area contributed by atoms with Gasteiger partial charge < -0.3 is 4.74 Å². The van der Waals surface area contributed by atoms with Crippen LogP contribution < -0.4 is 0 Å². The highest BCUT2D eigenvalue weighted by molar-refractivity contribution is 5.82. The fourth-order valence-electron chi connectivity index (χ4n) is 5.05. The maximum absolute atomic E-state index is 6.32. The second-order valence-corrected chi connectivity index (χ2v) is 10.2. The van der Waals surface area contributed by atoms with Crippen molar-refractivity contribution < 1.29 is 4.74 Å². The van der Waals surface area contributed by atoms with Gasteiger partial charge in [0.1, 0.15) is 11.5 Å². The zero-order valence-electron chi connectivity index (χ0n) is 23.4. The molecular weight excluding hydrogens is 508 g/mol. The van der Waals surface area contributed by atoms with Crippen LogP contribution >= 0.6 is 0 Å². The van der Waals surface area contributed by atoms with E-state index in [9.17, 15) is 0 Å². The monoisotopic (exact) mass is 540 g/mol. The van der Waals surface area contributed by atoms with E-state index < -0.39 is 0 Å². The lowest BCUT2D eigenvalue weighted by Crippen LogP contribution is -1.99. The van der Waals surface area contributed by atoms with Gasteiger partial charge >= 0.3 is 0 Å². The Kier molecular flexibility index (Phi) is 8.49. The van der Waals surface area contributed by atoms with E-state index in [1.165, 1.54) is 27.8 Å². The zero-order valence-corrected chi connectivity index (χ0v) is 23.4. The Morgan fingerprint density at radius 2 is 1.00 bits per heavy atom. The van der Waals surface area contributed by atoms with Gasteiger partial charge in [-0.25, -0.2) is 0 Å². The molecule has 0 fully saturated rings. The molecule has 0 amide bonds. The molecule has 0 saturated heterocycles. The van der Waals surface area contributed by atoms with Crippen LogP contribution in [0.5, 0.6) is 0 Å². The fourth-order valence-corrected chi connectivity index (χ4v) is 5.05. The van der Waals surface area contributed by atoms with Crippen molar-refractivity contribution in [2.24, 2.45) is 0 Å². The van der Waals surface area contributed by atoms with E-state index in [2.05, 4.69) is 146 Å². The Morgan fingerprint density at radius 1 is 0.476 bits per heavy atom. The SMILES string of the molecule is C(/C=C/C=C/C1=CC(c2ccccc2)=CCC(c2ccccc2)=C1)=C1C=C(c2ccccc2)OC(c2ccccc2)=C1. The number of hydrogen-bond donors (Lipinski definition) is 0. The van der Waals surface area contributed by atoms with Gasteiger partial charge in [0.15, 0.2) is 0 Å². The molecule has 1 aliphatic carbocycles. The number of allylic oxidation sites excluding steroid dienone is 14. The van der Waals surface area contributed by atoms with Crippen molar-refractivity contribution in [2.45, 2.75) is 6.42 Å². The Bertz CT molecular complexity index is 1700. The maximum Gasteiger partial charge on any atom is 0.135 e. The van der Waals surface area contributed by atoms with Gasteiger partial charge in [-0.15, -0.1) is 0 Å². The normalized spacial score (nSPS) is 15.2. The van der Waals surface area contributed by atoms with Crippen LogP contribution in [-0.2, 0) is 4.74 Å². The minimum Gasteiger partial charge on any atom is -0.456 e. The predicted octanol–water partition coefficient (Wildman–Crippen LogP) is 10.6. The molecule has 1 heterocycles. The lowest BCUT2D eigenvalue weighted by molar-refractivity contribution is 0.467. The second-order valence-electron chi connectivity index (χ2n) is 10.2. The third-order valence-corrected chi connectivity index (χ3v) is 7.19. The van der Waals surface area contributed by atoms with E-state index in [-0.39, 0.29) is 0 Å². The Hall–Kier alpha value is -5.40. The maximum atomic E-state index is 6.32. The quantitative estimate of drug-likeness (QED) is 0.212. The molecule has 0 bridgehead atoms. The second kappa shape index (κ2) is 13.3. The van der Waals surface area contributed by atoms with Gasteiger partial charge in [0.05, 0.1) is 0 Å². The van der Waals surface area contributed by atoms with Crippen molar-refractivity contribution in [2.75, 3.05) is 0 Å². The van der Waals surface area contributed by atoms with E-state index in [0.29, 0.717) is 0 Å². The van der Waals surface area contributed by atoms with Crippen molar-refractivity contribution in [3.8, 4) is 0 Å². The molecule has 2 aliphatic rings. The van der Waals surface area contributed by atoms with Gasteiger partial charge in [0.25, 0.3) is 0 Å². The molecule has 0 N–H and O–H groups in total. The van der Waals surface area contributed by atoms with E-state index in [1.807, 2.05) is 36.4 Å². The molecule has 0 aromatic heterocycles. The predicted molar refractivity (Wildman–Crippen MR) is 178 cm³/mol. The largest absolute Gasteiger partial charge is 0.456 e. The van der Waals surface area contributed by atoms with Gasteiger partial charge in [-0.2, -0.15) is 0 Å². The minimum absolute atomic E-state index is 0.842. The lowest BCUT2D eigenvalue weighted by atomic mass is 10.0. The van der Waals surface area contributed by atoms with E-state index >= 15 is 0 Å². The number of hydrogen-bond acceptors (Lipinski definition) is 1. The zero-order chi connectivity index (χ0) is 28.4. The van der Waals surface area contributed by atoms with Gasteiger partial charge in [-0.05, 0) is 58.1 Å². The molecule has 1 nitrogen and oxygen atoms in total. The summed E-state index contributed by atoms with van der Waals surface area (Å²) in [5.74, 6) is 1.68. The summed E-state index contributed by atoms with van der Waals surface area (Å²) < 4.78 is 6.32. The molecule has 6 rings (SSSR count). The first-order valence-electron chi connectivity index (χ1n) is 14.3. The van der Waals surface area contributed by atoms with Gasteiger partial charge in [0, 0.05) is 11.1 Å². The lowest BCUT2D eigenvalue weighted by Gasteiger charge is -2.18. The molecule has 0 spiro atoms. The third-order valence-electron chi connectivity index (χ3n) is 7.19. The summed E-state index contributed by atoms with van der Waals surface area (Å²) in [6, 6.07) is 41.7. The topological polar surface area (TPSA) is 9.23 Å². The molecule has 0 unspecified atom stereocenters. The van der Waals surface area contributed by atoms with Crippen LogP contribution in [0.3, 0.4) is 0 Å². The summed E-state index contributed by atoms with van der Waals surface area (Å²) in [6.45, 7) is 0. The highest BCUT2D eigenvalue weighted by Crippen LogP contribution is 2.32. The number of ether oxygens (including phenoxy) is 1. The standard InChI is InChI=1S/C41H32O/c1(7-17-33-30-40(36-22-12-4-13-23-36)42-41(31-33)37-24-14-5-15-25-37)6-16-32-28-38(34-18-8-2-9-19-34)26-27-39(29-32)35-20-10-3-11-21-35/h1-26,28-31H,27H2/b7-1+,16-6+. The van der Waals surface area contributed by atoms with Crippen LogP contribution in [0, 0.1) is 0 Å². The van der Waals surface area contributed by atoms with Crippen molar-refractivity contribution in [1.82, 2.24) is 0 Å². The smallest absolute Gasteiger partial charge is 0.135 e. The summed E-state index contributed by atoms with van der Waals surface area (Å²) in [6.07, 6.45) is 22.6. The highest BCUT2D eigenvalue weighted by Gasteiger charge is 2.14. The first kappa shape index (κ1) is 26.8. The summed E-state index contributed by atoms with van der Waals surface area (Å²) >= 11 is 0. The summed E-state index contributed by atoms with van der Waals surface area (Å²) in [4.78, 5) is 0. The van der Waals surface area contributed by atoms with Crippen molar-refractivity contribution in [1.29, 1.82) is 0 Å². The molecule has 42 heavy (non-hydrogen) atoms. The van der Waals surface area contributed by atoms with Crippen molar-refractivity contribution in [3.05, 3.63) is 215 Å². The van der Waals surface area contributed by atoms with Crippen LogP contribution in [0.4, 0.5) is 0 Å². The van der Waals surface area contributed by atoms with Crippen LogP contribution in [0.2, 0.25) is 0 Å². The average Bonchev–Trinajstić information content (AvgIpc) is 3.29. The average molecular weight is 541 g/mol. The summed E-state index contributed by atoms with van der Waals surface area (Å²) in [5.41, 5.74) is 9.39. The third kappa shape index (κ3) is 6.83. The number of rotatable bonds is 7. The molecule has 0 atom stereocenters. The van der Waals surface area contributed by atoms with Crippen molar-refractivity contribution >= 4 is 22.7 Å². The Balaban J connectivity index is 1.27. The van der Waals surface area contributed by atoms with Crippen LogP contribution in [0.1, 0.15) is 28.7 Å². The van der Waals surface area contributed by atoms with E-state index in [0.717, 1.165) is 34.6 Å². The van der Waals surface area contributed by atoms with Crippen LogP contribution in [0.25, 0.3) is 22.7 Å². The highest BCUT2D eigenvalue weighted by atomic mass is 16.5. The van der Waals surface area contributed by atoms with Crippen LogP contribution in [0.15, 0.2) is 193 Å². The van der Waals surface area contributed by atoms with Crippen LogP contribution in [-0.4, -0.2) is 0 Å². The Morgan fingerprint density at radius 3 is 1.57 bits per heavy atom. The van der Waals surface area contributed by atoms with Gasteiger partial charge in [0.2, 0.25) is 0 Å². The first-order valence-corrected chi connectivity index (χ1v) is 14.3. The summed E-state index contributed by atoms with van der Waals surface area (Å²) in [7, 11) is 0. The van der Waals surface area contributed by atoms with Crippen molar-refractivity contribution in [3.63, 3.8) is 0 Å². The molecule has 4 aromatic carbocycles. The van der Waals surface area contributed by atoms with Gasteiger partial charge in [-0.1, -0.05) is 164 Å². The Labute approximate surface area is 248 Å². The molecule has 202 valence electrons. The molecule has 1 heteroatoms. The molecule has 0 radical (unpaired) electrons. The minimum atomic E-state index is 0.842. The van der Waals surface area contributed by atoms with Gasteiger partial charge in [-0.3, -0.25) is 0 Å². The first-order chi connectivity index (χ1) is 20.8. The molecule has 1 aliphatic heterocycles. The van der Waals surface area contributed by atoms with E-state index in [4.69, 9.17) is 4.74 Å². The molecule has 4 aromatic rings. The number of benzene rings is 4. The molecule has 0 saturated carbocycles. The fraction of sp³-hybridized carbons (Fsp3) is 0.0244. The molecular formula is C41H32O.